The van der Waals surface area contributed by atoms with Crippen molar-refractivity contribution in [2.75, 3.05) is 11.9 Å². The SMILES string of the molecule is CCC(CCO)NC(=O)C(=O)Nc1cc(Br)ccc1F. The van der Waals surface area contributed by atoms with Crippen LogP contribution in [0.2, 0.25) is 0 Å². The Morgan fingerprint density at radius 2 is 2.10 bits per heavy atom. The molecule has 0 bridgehead atoms. The van der Waals surface area contributed by atoms with Gasteiger partial charge in [0.25, 0.3) is 0 Å². The molecular formula is C13H16BrFN2O3. The van der Waals surface area contributed by atoms with E-state index in [1.54, 1.807) is 0 Å². The van der Waals surface area contributed by atoms with Crippen molar-refractivity contribution in [3.8, 4) is 0 Å². The van der Waals surface area contributed by atoms with Crippen molar-refractivity contribution in [2.45, 2.75) is 25.8 Å². The average molecular weight is 347 g/mol. The summed E-state index contributed by atoms with van der Waals surface area (Å²) in [6.45, 7) is 1.74. The molecule has 1 aromatic carbocycles. The second-order valence-corrected chi connectivity index (χ2v) is 5.08. The lowest BCUT2D eigenvalue weighted by molar-refractivity contribution is -0.136. The highest BCUT2D eigenvalue weighted by molar-refractivity contribution is 9.10. The molecule has 110 valence electrons. The van der Waals surface area contributed by atoms with Crippen LogP contribution in [0.4, 0.5) is 10.1 Å². The Labute approximate surface area is 124 Å². The molecular weight excluding hydrogens is 331 g/mol. The highest BCUT2D eigenvalue weighted by atomic mass is 79.9. The van der Waals surface area contributed by atoms with Gasteiger partial charge in [-0.1, -0.05) is 22.9 Å². The van der Waals surface area contributed by atoms with Gasteiger partial charge in [0.05, 0.1) is 5.69 Å². The monoisotopic (exact) mass is 346 g/mol. The van der Waals surface area contributed by atoms with Crippen LogP contribution in [-0.4, -0.2) is 29.6 Å². The summed E-state index contributed by atoms with van der Waals surface area (Å²) in [6.07, 6.45) is 0.950. The molecule has 1 aromatic rings. The molecule has 1 rings (SSSR count). The quantitative estimate of drug-likeness (QED) is 0.711. The van der Waals surface area contributed by atoms with Crippen molar-refractivity contribution < 1.29 is 19.1 Å². The third-order valence-electron chi connectivity index (χ3n) is 2.69. The number of amides is 2. The number of benzene rings is 1. The first-order valence-electron chi connectivity index (χ1n) is 6.15. The fourth-order valence-corrected chi connectivity index (χ4v) is 1.92. The first-order valence-corrected chi connectivity index (χ1v) is 6.95. The number of rotatable bonds is 5. The minimum atomic E-state index is -0.946. The normalized spacial score (nSPS) is 11.8. The Morgan fingerprint density at radius 3 is 2.70 bits per heavy atom. The van der Waals surface area contributed by atoms with E-state index in [9.17, 15) is 14.0 Å². The van der Waals surface area contributed by atoms with Gasteiger partial charge in [0.1, 0.15) is 5.82 Å². The second-order valence-electron chi connectivity index (χ2n) is 4.17. The lowest BCUT2D eigenvalue weighted by atomic mass is 10.1. The Kier molecular flexibility index (Phi) is 6.60. The molecule has 0 fully saturated rings. The van der Waals surface area contributed by atoms with E-state index in [-0.39, 0.29) is 18.3 Å². The summed E-state index contributed by atoms with van der Waals surface area (Å²) in [7, 11) is 0. The van der Waals surface area contributed by atoms with E-state index in [1.165, 1.54) is 18.2 Å². The summed E-state index contributed by atoms with van der Waals surface area (Å²) in [5.74, 6) is -2.43. The molecule has 0 aliphatic heterocycles. The number of hydrogen-bond acceptors (Lipinski definition) is 3. The smallest absolute Gasteiger partial charge is 0.313 e. The predicted octanol–water partition coefficient (Wildman–Crippen LogP) is 1.80. The zero-order valence-corrected chi connectivity index (χ0v) is 12.5. The second kappa shape index (κ2) is 7.96. The molecule has 20 heavy (non-hydrogen) atoms. The van der Waals surface area contributed by atoms with E-state index in [4.69, 9.17) is 5.11 Å². The predicted molar refractivity (Wildman–Crippen MR) is 76.7 cm³/mol. The molecule has 1 unspecified atom stereocenters. The van der Waals surface area contributed by atoms with Crippen LogP contribution < -0.4 is 10.6 Å². The van der Waals surface area contributed by atoms with Gasteiger partial charge < -0.3 is 15.7 Å². The Hall–Kier alpha value is -1.47. The van der Waals surface area contributed by atoms with Crippen molar-refractivity contribution in [2.24, 2.45) is 0 Å². The lowest BCUT2D eigenvalue weighted by Gasteiger charge is -2.15. The van der Waals surface area contributed by atoms with Gasteiger partial charge in [-0.15, -0.1) is 0 Å². The van der Waals surface area contributed by atoms with E-state index in [0.29, 0.717) is 17.3 Å². The summed E-state index contributed by atoms with van der Waals surface area (Å²) in [4.78, 5) is 23.3. The standard InChI is InChI=1S/C13H16BrFN2O3/c1-2-9(5-6-18)16-12(19)13(20)17-11-7-8(14)3-4-10(11)15/h3-4,7,9,18H,2,5-6H2,1H3,(H,16,19)(H,17,20). The highest BCUT2D eigenvalue weighted by Crippen LogP contribution is 2.19. The van der Waals surface area contributed by atoms with Crippen LogP contribution in [0.15, 0.2) is 22.7 Å². The van der Waals surface area contributed by atoms with E-state index in [2.05, 4.69) is 26.6 Å². The largest absolute Gasteiger partial charge is 0.396 e. The molecule has 7 heteroatoms. The van der Waals surface area contributed by atoms with Crippen molar-refractivity contribution >= 4 is 33.4 Å². The summed E-state index contributed by atoms with van der Waals surface area (Å²) in [5.41, 5.74) is -0.0743. The van der Waals surface area contributed by atoms with Crippen molar-refractivity contribution in [3.63, 3.8) is 0 Å². The topological polar surface area (TPSA) is 78.4 Å². The molecule has 0 radical (unpaired) electrons. The summed E-state index contributed by atoms with van der Waals surface area (Å²) in [6, 6.07) is 3.74. The van der Waals surface area contributed by atoms with Crippen molar-refractivity contribution in [3.05, 3.63) is 28.5 Å². The van der Waals surface area contributed by atoms with E-state index < -0.39 is 17.6 Å². The summed E-state index contributed by atoms with van der Waals surface area (Å²) >= 11 is 3.15. The zero-order chi connectivity index (χ0) is 15.1. The number of carbonyl (C=O) groups excluding carboxylic acids is 2. The molecule has 0 aliphatic rings. The van der Waals surface area contributed by atoms with E-state index in [1.807, 2.05) is 6.92 Å². The van der Waals surface area contributed by atoms with Crippen LogP contribution in [0.5, 0.6) is 0 Å². The Balaban J connectivity index is 2.66. The molecule has 0 saturated heterocycles. The van der Waals surface area contributed by atoms with E-state index in [0.717, 1.165) is 0 Å². The van der Waals surface area contributed by atoms with Crippen LogP contribution >= 0.6 is 15.9 Å². The van der Waals surface area contributed by atoms with Gasteiger partial charge in [0.2, 0.25) is 0 Å². The van der Waals surface area contributed by atoms with E-state index >= 15 is 0 Å². The molecule has 0 saturated carbocycles. The van der Waals surface area contributed by atoms with Gasteiger partial charge in [0, 0.05) is 17.1 Å². The van der Waals surface area contributed by atoms with Gasteiger partial charge in [-0.3, -0.25) is 9.59 Å². The number of aliphatic hydroxyl groups is 1. The third-order valence-corrected chi connectivity index (χ3v) is 3.18. The molecule has 3 N–H and O–H groups in total. The van der Waals surface area contributed by atoms with Crippen molar-refractivity contribution in [1.29, 1.82) is 0 Å². The number of halogens is 2. The minimum absolute atomic E-state index is 0.0743. The Morgan fingerprint density at radius 1 is 1.40 bits per heavy atom. The maximum atomic E-state index is 13.4. The van der Waals surface area contributed by atoms with Gasteiger partial charge in [-0.25, -0.2) is 4.39 Å². The van der Waals surface area contributed by atoms with Gasteiger partial charge in [0.15, 0.2) is 0 Å². The van der Waals surface area contributed by atoms with Gasteiger partial charge in [-0.2, -0.15) is 0 Å². The summed E-state index contributed by atoms with van der Waals surface area (Å²) < 4.78 is 14.0. The fraction of sp³-hybridized carbons (Fsp3) is 0.385. The first-order chi connectivity index (χ1) is 9.47. The number of nitrogens with one attached hydrogen (secondary N) is 2. The third kappa shape index (κ3) is 4.90. The zero-order valence-electron chi connectivity index (χ0n) is 11.0. The van der Waals surface area contributed by atoms with Crippen LogP contribution in [0.25, 0.3) is 0 Å². The number of hydrogen-bond donors (Lipinski definition) is 3. The van der Waals surface area contributed by atoms with Crippen LogP contribution in [0.3, 0.4) is 0 Å². The summed E-state index contributed by atoms with van der Waals surface area (Å²) in [5, 5.41) is 13.5. The highest BCUT2D eigenvalue weighted by Gasteiger charge is 2.18. The van der Waals surface area contributed by atoms with Crippen LogP contribution in [0.1, 0.15) is 19.8 Å². The van der Waals surface area contributed by atoms with Gasteiger partial charge >= 0.3 is 11.8 Å². The van der Waals surface area contributed by atoms with Crippen molar-refractivity contribution in [1.82, 2.24) is 5.32 Å². The molecule has 5 nitrogen and oxygen atoms in total. The molecule has 0 aromatic heterocycles. The molecule has 1 atom stereocenters. The average Bonchev–Trinajstić information content (AvgIpc) is 2.42. The molecule has 2 amide bonds. The molecule has 0 spiro atoms. The Bertz CT molecular complexity index is 497. The van der Waals surface area contributed by atoms with Crippen LogP contribution in [0, 0.1) is 5.82 Å². The molecule has 0 aliphatic carbocycles. The number of aliphatic hydroxyl groups excluding tert-OH is 1. The minimum Gasteiger partial charge on any atom is -0.396 e. The maximum Gasteiger partial charge on any atom is 0.313 e. The fourth-order valence-electron chi connectivity index (χ4n) is 1.56. The van der Waals surface area contributed by atoms with Crippen LogP contribution in [-0.2, 0) is 9.59 Å². The number of carbonyl (C=O) groups is 2. The molecule has 0 heterocycles. The lowest BCUT2D eigenvalue weighted by Crippen LogP contribution is -2.42. The number of anilines is 1. The first kappa shape index (κ1) is 16.6. The maximum absolute atomic E-state index is 13.4. The van der Waals surface area contributed by atoms with Gasteiger partial charge in [-0.05, 0) is 31.0 Å².